The second kappa shape index (κ2) is 17.5. The number of rotatable bonds is 11. The molecule has 0 aromatic rings. The Kier molecular flexibility index (Phi) is 13.9. The first kappa shape index (κ1) is 49.2. The fourth-order valence-corrected chi connectivity index (χ4v) is 16.2. The summed E-state index contributed by atoms with van der Waals surface area (Å²) in [4.78, 5) is 57.1. The lowest BCUT2D eigenvalue weighted by molar-refractivity contribution is -0.858. The van der Waals surface area contributed by atoms with E-state index in [-0.39, 0.29) is 56.9 Å². The van der Waals surface area contributed by atoms with Crippen molar-refractivity contribution < 1.29 is 39.0 Å². The molecule has 6 aliphatic carbocycles. The summed E-state index contributed by atoms with van der Waals surface area (Å²) in [7, 11) is 4.02. The Morgan fingerprint density at radius 1 is 0.806 bits per heavy atom. The van der Waals surface area contributed by atoms with Gasteiger partial charge in [0.25, 0.3) is 0 Å². The van der Waals surface area contributed by atoms with Gasteiger partial charge in [-0.25, -0.2) is 0 Å². The number of Topliss-reactive ketones (excluding diaryl/α,β-unsaturated/α-hetero) is 1. The van der Waals surface area contributed by atoms with Gasteiger partial charge in [-0.1, -0.05) is 60.6 Å². The maximum Gasteiger partial charge on any atom is 0.309 e. The molecule has 6 saturated carbocycles. The van der Waals surface area contributed by atoms with Gasteiger partial charge >= 0.3 is 11.9 Å². The van der Waals surface area contributed by atoms with Crippen LogP contribution in [0, 0.1) is 79.3 Å². The number of ketones is 1. The molecule has 0 spiro atoms. The van der Waals surface area contributed by atoms with E-state index in [9.17, 15) is 19.5 Å². The van der Waals surface area contributed by atoms with Crippen molar-refractivity contribution in [1.29, 1.82) is 0 Å². The highest BCUT2D eigenvalue weighted by atomic mass is 16.5. The van der Waals surface area contributed by atoms with Gasteiger partial charge in [0.15, 0.2) is 0 Å². The van der Waals surface area contributed by atoms with Crippen molar-refractivity contribution in [2.75, 3.05) is 40.3 Å². The minimum Gasteiger partial charge on any atom is -0.481 e. The number of likely N-dealkylation sites (tertiary alicyclic amines) is 1. The zero-order valence-electron chi connectivity index (χ0n) is 41.4. The molecule has 62 heavy (non-hydrogen) atoms. The molecule has 1 heterocycles. The van der Waals surface area contributed by atoms with E-state index >= 15 is 4.79 Å². The zero-order chi connectivity index (χ0) is 46.0. The number of nitrogens with one attached hydrogen (secondary N) is 1. The normalized spacial score (nSPS) is 40.6. The number of carboxylic acids is 1. The van der Waals surface area contributed by atoms with Crippen LogP contribution in [0.3, 0.4) is 0 Å². The van der Waals surface area contributed by atoms with Crippen molar-refractivity contribution in [1.82, 2.24) is 4.90 Å². The van der Waals surface area contributed by atoms with Crippen LogP contribution in [-0.2, 0) is 23.9 Å². The lowest BCUT2D eigenvalue weighted by Gasteiger charge is -2.73. The first-order valence-corrected chi connectivity index (χ1v) is 25.0. The molecule has 1 amide bonds. The molecule has 0 aromatic heterocycles. The van der Waals surface area contributed by atoms with Gasteiger partial charge in [0.05, 0.1) is 32.5 Å². The number of quaternary nitrogens is 1. The van der Waals surface area contributed by atoms with Crippen molar-refractivity contribution in [3.8, 4) is 0 Å². The number of allylic oxidation sites excluding steroid dienone is 1. The number of carbonyl (C=O) groups excluding carboxylic acids is 3. The van der Waals surface area contributed by atoms with Crippen LogP contribution in [-0.4, -0.2) is 85.2 Å². The van der Waals surface area contributed by atoms with E-state index in [0.29, 0.717) is 54.3 Å². The second-order valence-corrected chi connectivity index (χ2v) is 25.0. The molecule has 0 radical (unpaired) electrons. The average molecular weight is 866 g/mol. The molecule has 9 heteroatoms. The molecule has 0 aromatic carbocycles. The summed E-state index contributed by atoms with van der Waals surface area (Å²) in [6.45, 7) is 29.9. The second-order valence-electron chi connectivity index (χ2n) is 25.0. The third kappa shape index (κ3) is 8.18. The maximum absolute atomic E-state index is 15.1. The fraction of sp³-hybridized carbons (Fsp3) is 0.887. The largest absolute Gasteiger partial charge is 0.481 e. The number of fused-ring (bicyclic) bond motifs is 7. The topological polar surface area (TPSA) is 126 Å². The Balaban J connectivity index is 0.000000998. The number of aliphatic hydroxyl groups is 1. The molecule has 1 aliphatic heterocycles. The highest BCUT2D eigenvalue weighted by Crippen LogP contribution is 2.78. The molecule has 4 unspecified atom stereocenters. The number of carbonyl (C=O) groups is 4. The number of likely N-dealkylation sites (N-methyl/N-ethyl adjacent to an activating group) is 1. The molecule has 3 N–H and O–H groups in total. The molecular formula is C53H89N2O7+. The van der Waals surface area contributed by atoms with E-state index in [0.717, 1.165) is 96.7 Å². The van der Waals surface area contributed by atoms with Gasteiger partial charge in [-0.3, -0.25) is 19.2 Å². The van der Waals surface area contributed by atoms with E-state index in [1.165, 1.54) is 23.3 Å². The van der Waals surface area contributed by atoms with Crippen LogP contribution >= 0.6 is 0 Å². The van der Waals surface area contributed by atoms with E-state index in [4.69, 9.17) is 9.84 Å². The molecule has 12 atom stereocenters. The van der Waals surface area contributed by atoms with Crippen LogP contribution in [0.4, 0.5) is 0 Å². The highest BCUT2D eigenvalue weighted by molar-refractivity contribution is 5.87. The van der Waals surface area contributed by atoms with Crippen molar-refractivity contribution in [3.05, 3.63) is 12.2 Å². The van der Waals surface area contributed by atoms with Crippen LogP contribution in [0.25, 0.3) is 0 Å². The van der Waals surface area contributed by atoms with Gasteiger partial charge in [-0.15, -0.1) is 0 Å². The van der Waals surface area contributed by atoms with Crippen molar-refractivity contribution in [2.45, 2.75) is 178 Å². The standard InChI is InChI=1S/C49H77NO6.C4H11NO/c1-30(2)32-17-22-49(37(51)28-31-27-34(44(31,5)6)41(53)50-25-13-12-14-26-50)24-23-47(10)33(40(32)49)15-16-36-46(9)20-19-38(56-39(52)29-43(3,4)42(54)55)45(7,8)35(46)18-21-48(36,47)11;1-5(2)3-4-6/h31-36,38,40H,1,12-29H2,2-11H3,(H,54,55);6H,3-4H2,1-2H3/p+1/t31-,32-,33?,34+,35?,36?,38-,40?,46-,47+,48+,49+;/m0./s1. The highest BCUT2D eigenvalue weighted by Gasteiger charge is 2.72. The van der Waals surface area contributed by atoms with Gasteiger partial charge in [-0.2, -0.15) is 0 Å². The molecule has 0 bridgehead atoms. The lowest BCUT2D eigenvalue weighted by atomic mass is 9.32. The summed E-state index contributed by atoms with van der Waals surface area (Å²) in [5, 5.41) is 17.9. The molecule has 1 saturated heterocycles. The average Bonchev–Trinajstić information content (AvgIpc) is 3.59. The number of esters is 1. The fourth-order valence-electron chi connectivity index (χ4n) is 16.2. The Hall–Kier alpha value is -2.26. The van der Waals surface area contributed by atoms with E-state index < -0.39 is 17.4 Å². The minimum absolute atomic E-state index is 0.0380. The van der Waals surface area contributed by atoms with Crippen LogP contribution in [0.2, 0.25) is 0 Å². The van der Waals surface area contributed by atoms with E-state index in [1.807, 2.05) is 14.1 Å². The quantitative estimate of drug-likeness (QED) is 0.140. The van der Waals surface area contributed by atoms with E-state index in [2.05, 4.69) is 66.9 Å². The molecule has 9 nitrogen and oxygen atoms in total. The number of piperidine rings is 1. The van der Waals surface area contributed by atoms with Crippen LogP contribution in [0.5, 0.6) is 0 Å². The number of hydrogen-bond donors (Lipinski definition) is 3. The summed E-state index contributed by atoms with van der Waals surface area (Å²) >= 11 is 0. The Morgan fingerprint density at radius 3 is 2.03 bits per heavy atom. The van der Waals surface area contributed by atoms with E-state index in [1.54, 1.807) is 13.8 Å². The van der Waals surface area contributed by atoms with Crippen molar-refractivity contribution in [3.63, 3.8) is 0 Å². The molecule has 352 valence electrons. The molecular weight excluding hydrogens is 777 g/mol. The molecule has 7 rings (SSSR count). The van der Waals surface area contributed by atoms with Crippen LogP contribution in [0.15, 0.2) is 12.2 Å². The number of nitrogens with zero attached hydrogens (tertiary/aromatic N) is 1. The van der Waals surface area contributed by atoms with Gasteiger partial charge in [0, 0.05) is 36.3 Å². The minimum atomic E-state index is -1.15. The van der Waals surface area contributed by atoms with Gasteiger partial charge in [-0.05, 0) is 168 Å². The van der Waals surface area contributed by atoms with Crippen LogP contribution < -0.4 is 4.90 Å². The lowest BCUT2D eigenvalue weighted by Crippen LogP contribution is -3.06. The molecule has 7 aliphatic rings. The number of hydrogen-bond acceptors (Lipinski definition) is 6. The number of amides is 1. The number of carboxylic acid groups (broad SMARTS) is 1. The third-order valence-electron chi connectivity index (χ3n) is 20.5. The third-order valence-corrected chi connectivity index (χ3v) is 20.5. The first-order chi connectivity index (χ1) is 28.7. The van der Waals surface area contributed by atoms with Gasteiger partial charge in [0.2, 0.25) is 5.91 Å². The monoisotopic (exact) mass is 866 g/mol. The first-order valence-electron chi connectivity index (χ1n) is 25.0. The molecule has 7 fully saturated rings. The number of ether oxygens (including phenoxy) is 1. The Morgan fingerprint density at radius 2 is 1.47 bits per heavy atom. The van der Waals surface area contributed by atoms with Crippen LogP contribution in [0.1, 0.15) is 172 Å². The van der Waals surface area contributed by atoms with Gasteiger partial charge < -0.3 is 24.7 Å². The van der Waals surface area contributed by atoms with Crippen molar-refractivity contribution >= 4 is 23.6 Å². The van der Waals surface area contributed by atoms with Crippen molar-refractivity contribution in [2.24, 2.45) is 79.3 Å². The summed E-state index contributed by atoms with van der Waals surface area (Å²) in [5.41, 5.74) is -0.170. The summed E-state index contributed by atoms with van der Waals surface area (Å²) in [6, 6.07) is 0. The predicted octanol–water partition coefficient (Wildman–Crippen LogP) is 8.81. The maximum atomic E-state index is 15.1. The van der Waals surface area contributed by atoms with Gasteiger partial charge in [0.1, 0.15) is 18.4 Å². The SMILES string of the molecule is C=C(C)[C@@H]1CC[C@]2(C(=O)C[C@@H]3C[C@H](C(=O)N4CCCCC4)C3(C)C)CC[C@]3(C)C(CCC4[C@@]5(C)CC[C@H](OC(=O)CC(C)(C)C(=O)O)C(C)(C)C5CC[C@]43C)C12.C[NH+](C)CCO. The number of aliphatic carboxylic acids is 1. The zero-order valence-corrected chi connectivity index (χ0v) is 41.4. The summed E-state index contributed by atoms with van der Waals surface area (Å²) < 4.78 is 6.20. The predicted molar refractivity (Wildman–Crippen MR) is 245 cm³/mol. The number of aliphatic hydroxyl groups excluding tert-OH is 1. The Labute approximate surface area is 376 Å². The summed E-state index contributed by atoms with van der Waals surface area (Å²) in [5.74, 6) is 1.92. The summed E-state index contributed by atoms with van der Waals surface area (Å²) in [6.07, 6.45) is 15.1. The smallest absolute Gasteiger partial charge is 0.309 e. The Bertz CT molecular complexity index is 1710.